The second kappa shape index (κ2) is 4.11. The zero-order valence-electron chi connectivity index (χ0n) is 7.02. The van der Waals surface area contributed by atoms with Gasteiger partial charge in [0.05, 0.1) is 0 Å². The maximum absolute atomic E-state index is 12.3. The van der Waals surface area contributed by atoms with Crippen LogP contribution < -0.4 is 5.73 Å². The van der Waals surface area contributed by atoms with Crippen LogP contribution in [0.1, 0.15) is 23.2 Å². The van der Waals surface area contributed by atoms with Crippen LogP contribution in [-0.2, 0) is 6.54 Å². The Labute approximate surface area is 83.3 Å². The first kappa shape index (κ1) is 10.5. The molecule has 0 aromatic carbocycles. The second-order valence-electron chi connectivity index (χ2n) is 2.61. The van der Waals surface area contributed by atoms with Crippen LogP contribution in [0.15, 0.2) is 10.7 Å². The third kappa shape index (κ3) is 2.03. The van der Waals surface area contributed by atoms with Gasteiger partial charge in [0.25, 0.3) is 6.43 Å². The first-order valence-corrected chi connectivity index (χ1v) is 4.49. The van der Waals surface area contributed by atoms with Crippen LogP contribution in [-0.4, -0.2) is 4.98 Å². The van der Waals surface area contributed by atoms with Crippen LogP contribution in [0.3, 0.4) is 0 Å². The molecule has 0 aliphatic heterocycles. The number of nitrogens with two attached hydrogens (primary N) is 1. The standard InChI is InChI=1S/C8H9BrF2N2/c1-4-6(9)5(2-12)3-13-7(4)8(10)11/h3,8H,2,12H2,1H3. The Morgan fingerprint density at radius 3 is 2.69 bits per heavy atom. The average Bonchev–Trinajstić information content (AvgIpc) is 2.09. The van der Waals surface area contributed by atoms with Gasteiger partial charge in [-0.1, -0.05) is 15.9 Å². The molecule has 0 saturated heterocycles. The highest BCUT2D eigenvalue weighted by atomic mass is 79.9. The highest BCUT2D eigenvalue weighted by Gasteiger charge is 2.15. The van der Waals surface area contributed by atoms with Gasteiger partial charge in [0.1, 0.15) is 5.69 Å². The van der Waals surface area contributed by atoms with E-state index in [1.807, 2.05) is 0 Å². The van der Waals surface area contributed by atoms with E-state index in [0.717, 1.165) is 5.56 Å². The minimum absolute atomic E-state index is 0.191. The summed E-state index contributed by atoms with van der Waals surface area (Å²) >= 11 is 3.21. The fourth-order valence-corrected chi connectivity index (χ4v) is 1.48. The summed E-state index contributed by atoms with van der Waals surface area (Å²) in [6, 6.07) is 0. The normalized spacial score (nSPS) is 10.9. The molecule has 2 nitrogen and oxygen atoms in total. The summed E-state index contributed by atoms with van der Waals surface area (Å²) in [5.41, 5.74) is 6.39. The predicted octanol–water partition coefficient (Wildman–Crippen LogP) is 2.55. The lowest BCUT2D eigenvalue weighted by Gasteiger charge is -2.08. The lowest BCUT2D eigenvalue weighted by atomic mass is 10.1. The zero-order chi connectivity index (χ0) is 10.0. The van der Waals surface area contributed by atoms with Crippen molar-refractivity contribution in [1.82, 2.24) is 4.98 Å². The van der Waals surface area contributed by atoms with Crippen molar-refractivity contribution in [3.05, 3.63) is 27.5 Å². The number of halogens is 3. The Morgan fingerprint density at radius 2 is 2.23 bits per heavy atom. The quantitative estimate of drug-likeness (QED) is 0.877. The van der Waals surface area contributed by atoms with Crippen molar-refractivity contribution in [3.8, 4) is 0 Å². The van der Waals surface area contributed by atoms with Crippen LogP contribution in [0.2, 0.25) is 0 Å². The molecule has 5 heteroatoms. The van der Waals surface area contributed by atoms with Gasteiger partial charge in [0, 0.05) is 17.2 Å². The van der Waals surface area contributed by atoms with Crippen LogP contribution >= 0.6 is 15.9 Å². The van der Waals surface area contributed by atoms with Crippen molar-refractivity contribution in [3.63, 3.8) is 0 Å². The van der Waals surface area contributed by atoms with Crippen molar-refractivity contribution in [2.45, 2.75) is 19.9 Å². The average molecular weight is 251 g/mol. The third-order valence-electron chi connectivity index (χ3n) is 1.78. The van der Waals surface area contributed by atoms with Crippen molar-refractivity contribution < 1.29 is 8.78 Å². The molecule has 0 aliphatic carbocycles. The summed E-state index contributed by atoms with van der Waals surface area (Å²) in [5, 5.41) is 0. The highest BCUT2D eigenvalue weighted by molar-refractivity contribution is 9.10. The van der Waals surface area contributed by atoms with E-state index in [-0.39, 0.29) is 12.2 Å². The first-order valence-electron chi connectivity index (χ1n) is 3.70. The summed E-state index contributed by atoms with van der Waals surface area (Å²) in [7, 11) is 0. The molecule has 0 saturated carbocycles. The van der Waals surface area contributed by atoms with Gasteiger partial charge >= 0.3 is 0 Å². The highest BCUT2D eigenvalue weighted by Crippen LogP contribution is 2.28. The second-order valence-corrected chi connectivity index (χ2v) is 3.41. The summed E-state index contributed by atoms with van der Waals surface area (Å²) in [5.74, 6) is 0. The SMILES string of the molecule is Cc1c(C(F)F)ncc(CN)c1Br. The first-order chi connectivity index (χ1) is 6.07. The van der Waals surface area contributed by atoms with Gasteiger partial charge in [-0.05, 0) is 18.1 Å². The Morgan fingerprint density at radius 1 is 1.62 bits per heavy atom. The van der Waals surface area contributed by atoms with Crippen molar-refractivity contribution in [2.24, 2.45) is 5.73 Å². The van der Waals surface area contributed by atoms with E-state index in [4.69, 9.17) is 5.73 Å². The molecule has 13 heavy (non-hydrogen) atoms. The fraction of sp³-hybridized carbons (Fsp3) is 0.375. The van der Waals surface area contributed by atoms with Crippen LogP contribution in [0, 0.1) is 6.92 Å². The fourth-order valence-electron chi connectivity index (χ4n) is 1.02. The Bertz CT molecular complexity index is 315. The van der Waals surface area contributed by atoms with Gasteiger partial charge in [0.2, 0.25) is 0 Å². The maximum atomic E-state index is 12.3. The smallest absolute Gasteiger partial charge is 0.280 e. The van der Waals surface area contributed by atoms with E-state index in [1.54, 1.807) is 6.92 Å². The van der Waals surface area contributed by atoms with Gasteiger partial charge in [0.15, 0.2) is 0 Å². The predicted molar refractivity (Wildman–Crippen MR) is 49.5 cm³/mol. The van der Waals surface area contributed by atoms with Crippen molar-refractivity contribution in [1.29, 1.82) is 0 Å². The van der Waals surface area contributed by atoms with Gasteiger partial charge in [-0.2, -0.15) is 0 Å². The molecular formula is C8H9BrF2N2. The van der Waals surface area contributed by atoms with Crippen LogP contribution in [0.25, 0.3) is 0 Å². The minimum atomic E-state index is -2.54. The van der Waals surface area contributed by atoms with E-state index < -0.39 is 6.43 Å². The molecule has 1 heterocycles. The number of hydrogen-bond donors (Lipinski definition) is 1. The molecule has 0 bridgehead atoms. The number of aromatic nitrogens is 1. The number of alkyl halides is 2. The largest absolute Gasteiger partial charge is 0.326 e. The molecule has 0 atom stereocenters. The Kier molecular flexibility index (Phi) is 3.33. The molecule has 0 fully saturated rings. The molecule has 72 valence electrons. The number of rotatable bonds is 2. The van der Waals surface area contributed by atoms with Crippen LogP contribution in [0.4, 0.5) is 8.78 Å². The molecule has 2 N–H and O–H groups in total. The molecule has 0 amide bonds. The topological polar surface area (TPSA) is 38.9 Å². The van der Waals surface area contributed by atoms with Gasteiger partial charge in [-0.3, -0.25) is 4.98 Å². The Hall–Kier alpha value is -0.550. The molecule has 0 aliphatic rings. The summed E-state index contributed by atoms with van der Waals surface area (Å²) in [4.78, 5) is 3.65. The molecule has 1 aromatic heterocycles. The lowest BCUT2D eigenvalue weighted by Crippen LogP contribution is -2.03. The van der Waals surface area contributed by atoms with Crippen molar-refractivity contribution >= 4 is 15.9 Å². The molecule has 0 spiro atoms. The molecule has 1 aromatic rings. The number of pyridine rings is 1. The maximum Gasteiger partial charge on any atom is 0.280 e. The summed E-state index contributed by atoms with van der Waals surface area (Å²) in [6.45, 7) is 1.88. The Balaban J connectivity index is 3.23. The lowest BCUT2D eigenvalue weighted by molar-refractivity contribution is 0.145. The van der Waals surface area contributed by atoms with Gasteiger partial charge in [-0.25, -0.2) is 8.78 Å². The molecule has 0 unspecified atom stereocenters. The summed E-state index contributed by atoms with van der Waals surface area (Å²) in [6.07, 6.45) is -1.17. The number of nitrogens with zero attached hydrogens (tertiary/aromatic N) is 1. The van der Waals surface area contributed by atoms with E-state index in [2.05, 4.69) is 20.9 Å². The zero-order valence-corrected chi connectivity index (χ0v) is 8.61. The van der Waals surface area contributed by atoms with Crippen LogP contribution in [0.5, 0.6) is 0 Å². The molecular weight excluding hydrogens is 242 g/mol. The third-order valence-corrected chi connectivity index (χ3v) is 2.89. The van der Waals surface area contributed by atoms with E-state index in [1.165, 1.54) is 6.20 Å². The van der Waals surface area contributed by atoms with E-state index >= 15 is 0 Å². The number of hydrogen-bond acceptors (Lipinski definition) is 2. The minimum Gasteiger partial charge on any atom is -0.326 e. The molecule has 1 rings (SSSR count). The van der Waals surface area contributed by atoms with E-state index in [9.17, 15) is 8.78 Å². The monoisotopic (exact) mass is 250 g/mol. The van der Waals surface area contributed by atoms with Gasteiger partial charge < -0.3 is 5.73 Å². The van der Waals surface area contributed by atoms with E-state index in [0.29, 0.717) is 10.0 Å². The summed E-state index contributed by atoms with van der Waals surface area (Å²) < 4.78 is 25.3. The van der Waals surface area contributed by atoms with Gasteiger partial charge in [-0.15, -0.1) is 0 Å². The van der Waals surface area contributed by atoms with Crippen molar-refractivity contribution in [2.75, 3.05) is 0 Å². The molecule has 0 radical (unpaired) electrons.